The molecular weight excluding hydrogens is 324 g/mol. The summed E-state index contributed by atoms with van der Waals surface area (Å²) in [6.07, 6.45) is 4.43. The van der Waals surface area contributed by atoms with Crippen LogP contribution >= 0.6 is 0 Å². The van der Waals surface area contributed by atoms with Crippen LogP contribution in [-0.4, -0.2) is 42.2 Å². The Morgan fingerprint density at radius 1 is 1.38 bits per heavy atom. The molecule has 1 atom stereocenters. The average Bonchev–Trinajstić information content (AvgIpc) is 3.11. The highest BCUT2D eigenvalue weighted by molar-refractivity contribution is 7.93. The van der Waals surface area contributed by atoms with Gasteiger partial charge in [0.1, 0.15) is 5.82 Å². The first-order chi connectivity index (χ1) is 11.4. The van der Waals surface area contributed by atoms with Crippen LogP contribution in [0.2, 0.25) is 0 Å². The lowest BCUT2D eigenvalue weighted by atomic mass is 10.1. The highest BCUT2D eigenvalue weighted by atomic mass is 32.2. The Balaban J connectivity index is 1.79. The lowest BCUT2D eigenvalue weighted by Crippen LogP contribution is -2.26. The van der Waals surface area contributed by atoms with E-state index in [1.165, 1.54) is 4.31 Å². The second-order valence-electron chi connectivity index (χ2n) is 6.38. The van der Waals surface area contributed by atoms with Crippen molar-refractivity contribution in [2.75, 3.05) is 23.7 Å². The van der Waals surface area contributed by atoms with Crippen molar-refractivity contribution in [1.82, 2.24) is 14.5 Å². The van der Waals surface area contributed by atoms with Crippen molar-refractivity contribution in [3.05, 3.63) is 48.0 Å². The summed E-state index contributed by atoms with van der Waals surface area (Å²) in [5.74, 6) is 1.24. The number of anilines is 1. The fourth-order valence-electron chi connectivity index (χ4n) is 3.03. The van der Waals surface area contributed by atoms with Crippen molar-refractivity contribution in [3.8, 4) is 0 Å². The summed E-state index contributed by atoms with van der Waals surface area (Å²) in [5, 5.41) is 0. The molecule has 0 spiro atoms. The second kappa shape index (κ2) is 6.57. The molecule has 0 N–H and O–H groups in total. The van der Waals surface area contributed by atoms with E-state index in [1.807, 2.05) is 42.1 Å². The Labute approximate surface area is 143 Å². The lowest BCUT2D eigenvalue weighted by molar-refractivity contribution is 0.244. The molecule has 1 aliphatic heterocycles. The topological polar surface area (TPSA) is 58.4 Å². The highest BCUT2D eigenvalue weighted by Gasteiger charge is 2.28. The largest absolute Gasteiger partial charge is 0.337 e. The molecule has 0 bridgehead atoms. The highest BCUT2D eigenvalue weighted by Crippen LogP contribution is 2.28. The van der Waals surface area contributed by atoms with E-state index in [-0.39, 0.29) is 11.8 Å². The number of aryl methyl sites for hydroxylation is 1. The zero-order valence-electron chi connectivity index (χ0n) is 14.4. The van der Waals surface area contributed by atoms with E-state index >= 15 is 0 Å². The minimum atomic E-state index is -3.14. The molecule has 2 aromatic rings. The summed E-state index contributed by atoms with van der Waals surface area (Å²) in [4.78, 5) is 6.57. The molecule has 6 nitrogen and oxygen atoms in total. The molecule has 1 unspecified atom stereocenters. The molecule has 1 aliphatic rings. The van der Waals surface area contributed by atoms with Gasteiger partial charge in [-0.3, -0.25) is 9.21 Å². The minimum Gasteiger partial charge on any atom is -0.337 e. The van der Waals surface area contributed by atoms with Crippen LogP contribution < -0.4 is 4.31 Å². The number of benzene rings is 1. The minimum absolute atomic E-state index is 0.159. The summed E-state index contributed by atoms with van der Waals surface area (Å²) in [7, 11) is 0.897. The van der Waals surface area contributed by atoms with Crippen molar-refractivity contribution in [2.45, 2.75) is 25.9 Å². The van der Waals surface area contributed by atoms with Gasteiger partial charge < -0.3 is 4.57 Å². The van der Waals surface area contributed by atoms with Gasteiger partial charge in [0.25, 0.3) is 0 Å². The molecule has 0 saturated carbocycles. The first kappa shape index (κ1) is 17.0. The van der Waals surface area contributed by atoms with Gasteiger partial charge in [-0.2, -0.15) is 0 Å². The summed E-state index contributed by atoms with van der Waals surface area (Å²) in [6, 6.07) is 8.00. The van der Waals surface area contributed by atoms with Crippen LogP contribution in [0.15, 0.2) is 36.7 Å². The van der Waals surface area contributed by atoms with Crippen LogP contribution in [0.1, 0.15) is 30.8 Å². The zero-order chi connectivity index (χ0) is 17.3. The molecule has 2 heterocycles. The van der Waals surface area contributed by atoms with Crippen molar-refractivity contribution in [3.63, 3.8) is 0 Å². The Morgan fingerprint density at radius 2 is 2.17 bits per heavy atom. The zero-order valence-corrected chi connectivity index (χ0v) is 15.2. The van der Waals surface area contributed by atoms with Gasteiger partial charge in [-0.05, 0) is 38.1 Å². The van der Waals surface area contributed by atoms with E-state index < -0.39 is 10.0 Å². The summed E-state index contributed by atoms with van der Waals surface area (Å²) in [6.45, 7) is 3.43. The van der Waals surface area contributed by atoms with Crippen molar-refractivity contribution >= 4 is 15.7 Å². The normalized spacial score (nSPS) is 18.2. The van der Waals surface area contributed by atoms with Gasteiger partial charge in [-0.25, -0.2) is 13.4 Å². The average molecular weight is 348 g/mol. The third-order valence-corrected chi connectivity index (χ3v) is 6.58. The third-order valence-electron chi connectivity index (χ3n) is 4.71. The molecule has 1 saturated heterocycles. The number of hydrogen-bond donors (Lipinski definition) is 0. The first-order valence-corrected chi connectivity index (χ1v) is 9.76. The summed E-state index contributed by atoms with van der Waals surface area (Å²) < 4.78 is 27.8. The maximum Gasteiger partial charge on any atom is 0.235 e. The second-order valence-corrected chi connectivity index (χ2v) is 8.39. The van der Waals surface area contributed by atoms with Gasteiger partial charge in [0, 0.05) is 32.0 Å². The van der Waals surface area contributed by atoms with Crippen LogP contribution in [0.3, 0.4) is 0 Å². The summed E-state index contributed by atoms with van der Waals surface area (Å²) in [5.41, 5.74) is 1.87. The number of nitrogens with zero attached hydrogens (tertiary/aromatic N) is 4. The lowest BCUT2D eigenvalue weighted by Gasteiger charge is -2.26. The number of sulfonamides is 1. The third kappa shape index (κ3) is 3.32. The number of imidazole rings is 1. The number of hydrogen-bond acceptors (Lipinski definition) is 4. The Morgan fingerprint density at radius 3 is 2.79 bits per heavy atom. The van der Waals surface area contributed by atoms with Gasteiger partial charge in [0.2, 0.25) is 10.0 Å². The molecule has 24 heavy (non-hydrogen) atoms. The molecule has 3 rings (SSSR count). The van der Waals surface area contributed by atoms with Crippen molar-refractivity contribution in [2.24, 2.45) is 7.05 Å². The predicted molar refractivity (Wildman–Crippen MR) is 95.3 cm³/mol. The Hall–Kier alpha value is -1.86. The molecule has 0 amide bonds. The SMILES string of the molecule is CC(c1cccc(N2CCCS2(=O)=O)c1)N(C)Cc1nccn1C. The van der Waals surface area contributed by atoms with E-state index in [0.29, 0.717) is 13.0 Å². The van der Waals surface area contributed by atoms with Crippen molar-refractivity contribution in [1.29, 1.82) is 0 Å². The quantitative estimate of drug-likeness (QED) is 0.831. The van der Waals surface area contributed by atoms with Crippen LogP contribution in [-0.2, 0) is 23.6 Å². The summed E-state index contributed by atoms with van der Waals surface area (Å²) >= 11 is 0. The molecule has 1 fully saturated rings. The van der Waals surface area contributed by atoms with Crippen LogP contribution in [0.25, 0.3) is 0 Å². The van der Waals surface area contributed by atoms with E-state index in [1.54, 1.807) is 6.20 Å². The maximum atomic E-state index is 12.1. The van der Waals surface area contributed by atoms with Gasteiger partial charge in [0.15, 0.2) is 0 Å². The van der Waals surface area contributed by atoms with Crippen LogP contribution in [0.5, 0.6) is 0 Å². The van der Waals surface area contributed by atoms with E-state index in [4.69, 9.17) is 0 Å². The smallest absolute Gasteiger partial charge is 0.235 e. The Kier molecular flexibility index (Phi) is 4.64. The standard InChI is InChI=1S/C17H24N4O2S/c1-14(20(3)13-17-18-8-10-19(17)2)15-6-4-7-16(12-15)21-9-5-11-24(21,22)23/h4,6-8,10,12,14H,5,9,11,13H2,1-3H3. The van der Waals surface area contributed by atoms with Gasteiger partial charge in [0.05, 0.1) is 18.0 Å². The van der Waals surface area contributed by atoms with Crippen molar-refractivity contribution < 1.29 is 8.42 Å². The fraction of sp³-hybridized carbons (Fsp3) is 0.471. The number of rotatable bonds is 5. The fourth-order valence-corrected chi connectivity index (χ4v) is 4.59. The van der Waals surface area contributed by atoms with E-state index in [2.05, 4.69) is 23.9 Å². The monoisotopic (exact) mass is 348 g/mol. The molecule has 0 aliphatic carbocycles. The molecule has 7 heteroatoms. The van der Waals surface area contributed by atoms with Crippen LogP contribution in [0.4, 0.5) is 5.69 Å². The number of aromatic nitrogens is 2. The molecule has 0 radical (unpaired) electrons. The molecule has 1 aromatic carbocycles. The van der Waals surface area contributed by atoms with Gasteiger partial charge in [-0.15, -0.1) is 0 Å². The Bertz CT molecular complexity index is 816. The van der Waals surface area contributed by atoms with Gasteiger partial charge in [-0.1, -0.05) is 12.1 Å². The molecule has 1 aromatic heterocycles. The molecule has 130 valence electrons. The van der Waals surface area contributed by atoms with Gasteiger partial charge >= 0.3 is 0 Å². The molecular formula is C17H24N4O2S. The van der Waals surface area contributed by atoms with Crippen LogP contribution in [0, 0.1) is 0 Å². The first-order valence-electron chi connectivity index (χ1n) is 8.15. The predicted octanol–water partition coefficient (Wildman–Crippen LogP) is 2.15. The van der Waals surface area contributed by atoms with E-state index in [0.717, 1.165) is 23.6 Å². The van der Waals surface area contributed by atoms with E-state index in [9.17, 15) is 8.42 Å². The maximum absolute atomic E-state index is 12.1.